The second kappa shape index (κ2) is 21.9. The number of hydrogen-bond acceptors (Lipinski definition) is 6. The average molecular weight is 797 g/mol. The molecule has 3 fully saturated rings. The second-order valence-corrected chi connectivity index (χ2v) is 21.0. The van der Waals surface area contributed by atoms with Crippen LogP contribution in [0.4, 0.5) is 0 Å². The molecule has 7 heteroatoms. The van der Waals surface area contributed by atoms with E-state index in [0.717, 1.165) is 126 Å². The number of nitrogens with zero attached hydrogens (tertiary/aromatic N) is 1. The molecule has 7 nitrogen and oxygen atoms in total. The molecule has 5 N–H and O–H groups in total. The molecule has 4 aliphatic carbocycles. The molecule has 0 radical (unpaired) electrons. The largest absolute Gasteiger partial charge is 0.462 e. The van der Waals surface area contributed by atoms with Gasteiger partial charge in [-0.25, -0.2) is 0 Å². The zero-order valence-electron chi connectivity index (χ0n) is 38.8. The lowest BCUT2D eigenvalue weighted by Gasteiger charge is -2.58. The molecule has 0 unspecified atom stereocenters. The number of nitrogens with two attached hydrogens (primary N) is 2. The average Bonchev–Trinajstić information content (AvgIpc) is 3.55. The summed E-state index contributed by atoms with van der Waals surface area (Å²) >= 11 is 0. The minimum Gasteiger partial charge on any atom is -0.462 e. The van der Waals surface area contributed by atoms with Crippen molar-refractivity contribution in [2.75, 3.05) is 26.2 Å². The van der Waals surface area contributed by atoms with Crippen molar-refractivity contribution in [1.29, 1.82) is 0 Å². The fraction of sp³-hybridized carbons (Fsp3) is 0.920. The van der Waals surface area contributed by atoms with Crippen molar-refractivity contribution in [1.82, 2.24) is 10.2 Å². The Balaban J connectivity index is 1.23. The van der Waals surface area contributed by atoms with Crippen LogP contribution in [0, 0.1) is 46.3 Å². The van der Waals surface area contributed by atoms with E-state index in [1.165, 1.54) is 51.4 Å². The molecule has 57 heavy (non-hydrogen) atoms. The van der Waals surface area contributed by atoms with Gasteiger partial charge in [0.1, 0.15) is 6.10 Å². The second-order valence-electron chi connectivity index (χ2n) is 21.0. The summed E-state index contributed by atoms with van der Waals surface area (Å²) in [5.74, 6) is 4.98. The molecule has 4 aliphatic rings. The number of rotatable bonds is 25. The molecule has 0 bridgehead atoms. The van der Waals surface area contributed by atoms with E-state index in [1.807, 2.05) is 4.90 Å². The van der Waals surface area contributed by atoms with E-state index in [0.29, 0.717) is 31.2 Å². The van der Waals surface area contributed by atoms with Crippen molar-refractivity contribution >= 4 is 11.9 Å². The Morgan fingerprint density at radius 2 is 1.53 bits per heavy atom. The highest BCUT2D eigenvalue weighted by Gasteiger charge is 2.59. The van der Waals surface area contributed by atoms with Crippen LogP contribution in [0.15, 0.2) is 11.6 Å². The molecule has 8 atom stereocenters. The summed E-state index contributed by atoms with van der Waals surface area (Å²) in [6.45, 7) is 24.4. The maximum absolute atomic E-state index is 13.6. The Morgan fingerprint density at radius 1 is 0.825 bits per heavy atom. The van der Waals surface area contributed by atoms with E-state index >= 15 is 0 Å². The molecular weight excluding hydrogens is 705 g/mol. The van der Waals surface area contributed by atoms with Gasteiger partial charge in [0.15, 0.2) is 0 Å². The third kappa shape index (κ3) is 12.6. The lowest BCUT2D eigenvalue weighted by molar-refractivity contribution is -0.151. The number of amides is 1. The van der Waals surface area contributed by atoms with Gasteiger partial charge in [0, 0.05) is 43.4 Å². The van der Waals surface area contributed by atoms with Crippen LogP contribution in [0.2, 0.25) is 0 Å². The highest BCUT2D eigenvalue weighted by molar-refractivity contribution is 5.77. The van der Waals surface area contributed by atoms with Crippen LogP contribution in [0.25, 0.3) is 0 Å². The van der Waals surface area contributed by atoms with Crippen molar-refractivity contribution in [3.8, 4) is 0 Å². The SMILES string of the molecule is CCC(N)(CC)CCNCCCCN(CCC(N)(CC)CC)C(=O)CCCC(=O)O[C@H]1CC[C@@]2(C)C(=CC[C@H]3[C@@H]4CC[C@H]([C@H](C)CCCC(C)C)[C@@]4(C)CC[C@@H]32)C1. The first kappa shape index (κ1) is 48.2. The Hall–Kier alpha value is -1.44. The van der Waals surface area contributed by atoms with Crippen molar-refractivity contribution < 1.29 is 14.3 Å². The number of carbonyl (C=O) groups excluding carboxylic acids is 2. The predicted molar refractivity (Wildman–Crippen MR) is 240 cm³/mol. The van der Waals surface area contributed by atoms with Crippen LogP contribution < -0.4 is 16.8 Å². The van der Waals surface area contributed by atoms with Gasteiger partial charge in [-0.3, -0.25) is 9.59 Å². The molecular formula is C50H92N4O3. The monoisotopic (exact) mass is 797 g/mol. The topological polar surface area (TPSA) is 111 Å². The number of allylic oxidation sites excluding steroid dienone is 1. The number of fused-ring (bicyclic) bond motifs is 5. The van der Waals surface area contributed by atoms with Crippen LogP contribution in [-0.4, -0.2) is 60.1 Å². The molecule has 0 spiro atoms. The first-order valence-electron chi connectivity index (χ1n) is 24.5. The maximum atomic E-state index is 13.6. The molecule has 4 rings (SSSR count). The quantitative estimate of drug-likeness (QED) is 0.0482. The number of unbranched alkanes of at least 4 members (excludes halogenated alkanes) is 1. The summed E-state index contributed by atoms with van der Waals surface area (Å²) in [6, 6.07) is 0. The Bertz CT molecular complexity index is 1270. The zero-order valence-corrected chi connectivity index (χ0v) is 38.8. The van der Waals surface area contributed by atoms with Crippen LogP contribution in [0.5, 0.6) is 0 Å². The molecule has 0 aliphatic heterocycles. The fourth-order valence-corrected chi connectivity index (χ4v) is 12.5. The van der Waals surface area contributed by atoms with Crippen LogP contribution >= 0.6 is 0 Å². The van der Waals surface area contributed by atoms with Gasteiger partial charge < -0.3 is 26.4 Å². The van der Waals surface area contributed by atoms with E-state index in [9.17, 15) is 9.59 Å². The van der Waals surface area contributed by atoms with Crippen molar-refractivity contribution in [2.45, 2.75) is 221 Å². The standard InChI is InChI=1S/C50H92N4O3/c1-10-49(51,11-2)30-33-53-32-14-15-34-54(35-31-50(52,12-3)13-4)45(55)20-17-21-46(56)57-40-26-28-47(8)39(36-40)22-23-41-43-25-24-42(38(7)19-16-18-37(5)6)48(43,9)29-27-44(41)47/h22,37-38,40-44,53H,10-21,23-36,51-52H2,1-9H3/t38-,40+,41+,42-,43+,44+,47+,48-/m1/s1. The number of esters is 1. The third-order valence-corrected chi connectivity index (χ3v) is 17.2. The molecule has 1 amide bonds. The van der Waals surface area contributed by atoms with Gasteiger partial charge in [-0.15, -0.1) is 0 Å². The van der Waals surface area contributed by atoms with Crippen molar-refractivity contribution in [3.63, 3.8) is 0 Å². The van der Waals surface area contributed by atoms with Gasteiger partial charge in [-0.05, 0) is 162 Å². The maximum Gasteiger partial charge on any atom is 0.306 e. The first-order chi connectivity index (χ1) is 27.1. The van der Waals surface area contributed by atoms with Crippen LogP contribution in [0.1, 0.15) is 204 Å². The summed E-state index contributed by atoms with van der Waals surface area (Å²) in [5.41, 5.74) is 15.1. The number of hydrogen-bond donors (Lipinski definition) is 3. The molecule has 0 aromatic rings. The summed E-state index contributed by atoms with van der Waals surface area (Å²) in [4.78, 5) is 28.8. The lowest BCUT2D eigenvalue weighted by atomic mass is 9.47. The Labute approximate surface area is 351 Å². The molecule has 0 aromatic carbocycles. The number of carbonyl (C=O) groups is 2. The van der Waals surface area contributed by atoms with E-state index in [-0.39, 0.29) is 34.5 Å². The summed E-state index contributed by atoms with van der Waals surface area (Å²) in [6.07, 6.45) is 25.3. The predicted octanol–water partition coefficient (Wildman–Crippen LogP) is 11.1. The molecule has 0 heterocycles. The summed E-state index contributed by atoms with van der Waals surface area (Å²) < 4.78 is 6.17. The van der Waals surface area contributed by atoms with Crippen molar-refractivity contribution in [3.05, 3.63) is 11.6 Å². The van der Waals surface area contributed by atoms with Crippen LogP contribution in [-0.2, 0) is 14.3 Å². The smallest absolute Gasteiger partial charge is 0.306 e. The number of ether oxygens (including phenoxy) is 1. The minimum atomic E-state index is -0.246. The molecule has 0 aromatic heterocycles. The van der Waals surface area contributed by atoms with Gasteiger partial charge in [0.2, 0.25) is 5.91 Å². The molecule has 0 saturated heterocycles. The lowest BCUT2D eigenvalue weighted by Crippen LogP contribution is -2.51. The van der Waals surface area contributed by atoms with E-state index in [1.54, 1.807) is 5.57 Å². The fourth-order valence-electron chi connectivity index (χ4n) is 12.5. The normalized spacial score (nSPS) is 29.3. The van der Waals surface area contributed by atoms with Crippen LogP contribution in [0.3, 0.4) is 0 Å². The van der Waals surface area contributed by atoms with Gasteiger partial charge in [0.05, 0.1) is 0 Å². The van der Waals surface area contributed by atoms with E-state index in [2.05, 4.69) is 73.7 Å². The number of nitrogens with one attached hydrogen (secondary N) is 1. The van der Waals surface area contributed by atoms with Gasteiger partial charge >= 0.3 is 5.97 Å². The Morgan fingerprint density at radius 3 is 2.21 bits per heavy atom. The Kier molecular flexibility index (Phi) is 18.5. The van der Waals surface area contributed by atoms with Gasteiger partial charge in [-0.2, -0.15) is 0 Å². The summed E-state index contributed by atoms with van der Waals surface area (Å²) in [7, 11) is 0. The highest BCUT2D eigenvalue weighted by atomic mass is 16.5. The van der Waals surface area contributed by atoms with Crippen molar-refractivity contribution in [2.24, 2.45) is 57.8 Å². The van der Waals surface area contributed by atoms with E-state index in [4.69, 9.17) is 16.2 Å². The molecule has 3 saturated carbocycles. The summed E-state index contributed by atoms with van der Waals surface area (Å²) in [5, 5.41) is 3.56. The minimum absolute atomic E-state index is 0.0310. The molecule has 330 valence electrons. The first-order valence-corrected chi connectivity index (χ1v) is 24.5. The van der Waals surface area contributed by atoms with E-state index < -0.39 is 0 Å². The zero-order chi connectivity index (χ0) is 41.9. The highest BCUT2D eigenvalue weighted by Crippen LogP contribution is 2.67. The third-order valence-electron chi connectivity index (χ3n) is 17.2. The van der Waals surface area contributed by atoms with Gasteiger partial charge in [-0.1, -0.05) is 93.2 Å². The van der Waals surface area contributed by atoms with Gasteiger partial charge in [0.25, 0.3) is 0 Å².